The van der Waals surface area contributed by atoms with Crippen LogP contribution in [0.1, 0.15) is 29.7 Å². The number of nitrogens with zero attached hydrogens (tertiary/aromatic N) is 1. The molecule has 17 heavy (non-hydrogen) atoms. The number of hydrogen-bond donors (Lipinski definition) is 2. The Balaban J connectivity index is 2.04. The predicted octanol–water partition coefficient (Wildman–Crippen LogP) is 2.61. The lowest BCUT2D eigenvalue weighted by Crippen LogP contribution is -2.12. The molecule has 88 valence electrons. The van der Waals surface area contributed by atoms with Crippen molar-refractivity contribution in [1.82, 2.24) is 9.97 Å². The van der Waals surface area contributed by atoms with Crippen molar-refractivity contribution in [3.63, 3.8) is 0 Å². The highest BCUT2D eigenvalue weighted by Crippen LogP contribution is 2.08. The fourth-order valence-corrected chi connectivity index (χ4v) is 1.56. The van der Waals surface area contributed by atoms with Crippen LogP contribution in [-0.4, -0.2) is 15.9 Å². The minimum Gasteiger partial charge on any atom is -0.338 e. The molecule has 2 aromatic rings. The monoisotopic (exact) mass is 229 g/mol. The maximum atomic E-state index is 11.8. The van der Waals surface area contributed by atoms with Gasteiger partial charge in [-0.25, -0.2) is 4.98 Å². The Labute approximate surface area is 100 Å². The van der Waals surface area contributed by atoms with E-state index in [0.29, 0.717) is 5.69 Å². The van der Waals surface area contributed by atoms with E-state index in [9.17, 15) is 4.79 Å². The molecule has 1 heterocycles. The highest BCUT2D eigenvalue weighted by atomic mass is 16.1. The number of aromatic nitrogens is 2. The van der Waals surface area contributed by atoms with Gasteiger partial charge in [0.1, 0.15) is 11.5 Å². The SMILES string of the molecule is CCCc1ncc(C(=O)Nc2ccccc2)[nH]1. The Morgan fingerprint density at radius 1 is 1.35 bits per heavy atom. The van der Waals surface area contributed by atoms with Gasteiger partial charge in [-0.2, -0.15) is 0 Å². The van der Waals surface area contributed by atoms with Crippen molar-refractivity contribution in [3.05, 3.63) is 48.0 Å². The fourth-order valence-electron chi connectivity index (χ4n) is 1.56. The summed E-state index contributed by atoms with van der Waals surface area (Å²) in [6.07, 6.45) is 3.44. The summed E-state index contributed by atoms with van der Waals surface area (Å²) < 4.78 is 0. The van der Waals surface area contributed by atoms with E-state index < -0.39 is 0 Å². The molecule has 0 unspecified atom stereocenters. The molecule has 2 rings (SSSR count). The van der Waals surface area contributed by atoms with Gasteiger partial charge in [-0.05, 0) is 18.6 Å². The molecule has 4 nitrogen and oxygen atoms in total. The van der Waals surface area contributed by atoms with Crippen molar-refractivity contribution in [3.8, 4) is 0 Å². The van der Waals surface area contributed by atoms with E-state index in [1.807, 2.05) is 30.3 Å². The second-order valence-electron chi connectivity index (χ2n) is 3.81. The van der Waals surface area contributed by atoms with Crippen LogP contribution in [0.3, 0.4) is 0 Å². The molecule has 1 aromatic carbocycles. The van der Waals surface area contributed by atoms with Crippen LogP contribution >= 0.6 is 0 Å². The third-order valence-electron chi connectivity index (χ3n) is 2.39. The number of rotatable bonds is 4. The minimum absolute atomic E-state index is 0.161. The van der Waals surface area contributed by atoms with Gasteiger partial charge in [0.2, 0.25) is 0 Å². The van der Waals surface area contributed by atoms with Crippen LogP contribution in [0.15, 0.2) is 36.5 Å². The number of anilines is 1. The smallest absolute Gasteiger partial charge is 0.273 e. The number of para-hydroxylation sites is 1. The fraction of sp³-hybridized carbons (Fsp3) is 0.231. The topological polar surface area (TPSA) is 57.8 Å². The van der Waals surface area contributed by atoms with E-state index in [-0.39, 0.29) is 5.91 Å². The average Bonchev–Trinajstić information content (AvgIpc) is 2.79. The number of amides is 1. The molecule has 0 spiro atoms. The molecule has 4 heteroatoms. The van der Waals surface area contributed by atoms with Crippen LogP contribution in [0.2, 0.25) is 0 Å². The highest BCUT2D eigenvalue weighted by Gasteiger charge is 2.09. The molecule has 1 aromatic heterocycles. The number of imidazole rings is 1. The van der Waals surface area contributed by atoms with Crippen molar-refractivity contribution in [2.75, 3.05) is 5.32 Å². The Kier molecular flexibility index (Phi) is 3.55. The number of carbonyl (C=O) groups is 1. The van der Waals surface area contributed by atoms with Gasteiger partial charge in [0.15, 0.2) is 0 Å². The molecule has 0 bridgehead atoms. The van der Waals surface area contributed by atoms with Gasteiger partial charge < -0.3 is 10.3 Å². The quantitative estimate of drug-likeness (QED) is 0.846. The average molecular weight is 229 g/mol. The lowest BCUT2D eigenvalue weighted by Gasteiger charge is -2.02. The molecule has 0 saturated carbocycles. The van der Waals surface area contributed by atoms with Gasteiger partial charge >= 0.3 is 0 Å². The zero-order chi connectivity index (χ0) is 12.1. The second kappa shape index (κ2) is 5.30. The van der Waals surface area contributed by atoms with E-state index in [1.54, 1.807) is 6.20 Å². The first-order chi connectivity index (χ1) is 8.29. The lowest BCUT2D eigenvalue weighted by molar-refractivity contribution is 0.102. The largest absolute Gasteiger partial charge is 0.338 e. The summed E-state index contributed by atoms with van der Waals surface area (Å²) in [6, 6.07) is 9.36. The first-order valence-corrected chi connectivity index (χ1v) is 5.70. The number of aromatic amines is 1. The van der Waals surface area contributed by atoms with Crippen LogP contribution in [0.5, 0.6) is 0 Å². The summed E-state index contributed by atoms with van der Waals surface area (Å²) in [7, 11) is 0. The normalized spacial score (nSPS) is 10.2. The van der Waals surface area contributed by atoms with Crippen LogP contribution in [0.4, 0.5) is 5.69 Å². The molecule has 0 aliphatic rings. The summed E-state index contributed by atoms with van der Waals surface area (Å²) in [5.41, 5.74) is 1.28. The van der Waals surface area contributed by atoms with Gasteiger partial charge in [-0.3, -0.25) is 4.79 Å². The van der Waals surface area contributed by atoms with Crippen molar-refractivity contribution in [1.29, 1.82) is 0 Å². The Morgan fingerprint density at radius 3 is 2.82 bits per heavy atom. The predicted molar refractivity (Wildman–Crippen MR) is 67.0 cm³/mol. The maximum absolute atomic E-state index is 11.8. The first-order valence-electron chi connectivity index (χ1n) is 5.70. The zero-order valence-electron chi connectivity index (χ0n) is 9.73. The van der Waals surface area contributed by atoms with Gasteiger partial charge in [-0.15, -0.1) is 0 Å². The molecule has 0 atom stereocenters. The third-order valence-corrected chi connectivity index (χ3v) is 2.39. The van der Waals surface area contributed by atoms with E-state index in [0.717, 1.165) is 24.4 Å². The maximum Gasteiger partial charge on any atom is 0.273 e. The van der Waals surface area contributed by atoms with E-state index in [1.165, 1.54) is 0 Å². The molecule has 0 aliphatic heterocycles. The van der Waals surface area contributed by atoms with Crippen LogP contribution < -0.4 is 5.32 Å². The summed E-state index contributed by atoms with van der Waals surface area (Å²) >= 11 is 0. The Morgan fingerprint density at radius 2 is 2.12 bits per heavy atom. The van der Waals surface area contributed by atoms with E-state index in [2.05, 4.69) is 22.2 Å². The highest BCUT2D eigenvalue weighted by molar-refractivity contribution is 6.02. The minimum atomic E-state index is -0.161. The standard InChI is InChI=1S/C13H15N3O/c1-2-6-12-14-9-11(16-12)13(17)15-10-7-4-3-5-8-10/h3-5,7-9H,2,6H2,1H3,(H,14,16)(H,15,17). The summed E-state index contributed by atoms with van der Waals surface area (Å²) in [5.74, 6) is 0.691. The van der Waals surface area contributed by atoms with Gasteiger partial charge in [0, 0.05) is 12.1 Å². The summed E-state index contributed by atoms with van der Waals surface area (Å²) in [5, 5.41) is 2.80. The molecular formula is C13H15N3O. The number of carbonyl (C=O) groups excluding carboxylic acids is 1. The van der Waals surface area contributed by atoms with Crippen LogP contribution in [-0.2, 0) is 6.42 Å². The van der Waals surface area contributed by atoms with Crippen molar-refractivity contribution < 1.29 is 4.79 Å². The van der Waals surface area contributed by atoms with E-state index in [4.69, 9.17) is 0 Å². The number of benzene rings is 1. The number of H-pyrrole nitrogens is 1. The van der Waals surface area contributed by atoms with Crippen LogP contribution in [0, 0.1) is 0 Å². The second-order valence-corrected chi connectivity index (χ2v) is 3.81. The molecule has 2 N–H and O–H groups in total. The molecule has 0 radical (unpaired) electrons. The van der Waals surface area contributed by atoms with Gasteiger partial charge in [0.25, 0.3) is 5.91 Å². The molecular weight excluding hydrogens is 214 g/mol. The number of aryl methyl sites for hydroxylation is 1. The van der Waals surface area contributed by atoms with Crippen LogP contribution in [0.25, 0.3) is 0 Å². The van der Waals surface area contributed by atoms with Gasteiger partial charge in [0.05, 0.1) is 6.20 Å². The summed E-state index contributed by atoms with van der Waals surface area (Å²) in [4.78, 5) is 19.0. The lowest BCUT2D eigenvalue weighted by atomic mass is 10.3. The molecule has 0 fully saturated rings. The first kappa shape index (κ1) is 11.4. The molecule has 1 amide bonds. The van der Waals surface area contributed by atoms with Crippen molar-refractivity contribution >= 4 is 11.6 Å². The van der Waals surface area contributed by atoms with Crippen molar-refractivity contribution in [2.24, 2.45) is 0 Å². The Bertz CT molecular complexity index is 490. The van der Waals surface area contributed by atoms with E-state index >= 15 is 0 Å². The van der Waals surface area contributed by atoms with Crippen molar-refractivity contribution in [2.45, 2.75) is 19.8 Å². The van der Waals surface area contributed by atoms with Gasteiger partial charge in [-0.1, -0.05) is 25.1 Å². The summed E-state index contributed by atoms with van der Waals surface area (Å²) in [6.45, 7) is 2.08. The number of nitrogens with one attached hydrogen (secondary N) is 2. The molecule has 0 aliphatic carbocycles. The zero-order valence-corrected chi connectivity index (χ0v) is 9.73. The number of hydrogen-bond acceptors (Lipinski definition) is 2. The molecule has 0 saturated heterocycles. The third kappa shape index (κ3) is 2.93. The Hall–Kier alpha value is -2.10.